The van der Waals surface area contributed by atoms with E-state index in [0.29, 0.717) is 0 Å². The molecule has 5 heteroatoms. The number of carbonyl (C=O) groups excluding carboxylic acids is 2. The van der Waals surface area contributed by atoms with Gasteiger partial charge in [-0.2, -0.15) is 0 Å². The van der Waals surface area contributed by atoms with Crippen molar-refractivity contribution in [3.05, 3.63) is 60.7 Å². The highest BCUT2D eigenvalue weighted by Gasteiger charge is 2.50. The largest absolute Gasteiger partial charge is 0.460 e. The van der Waals surface area contributed by atoms with E-state index in [1.165, 1.54) is 6.92 Å². The lowest BCUT2D eigenvalue weighted by Crippen LogP contribution is -2.67. The van der Waals surface area contributed by atoms with Crippen molar-refractivity contribution in [3.8, 4) is 0 Å². The molecule has 0 aromatic heterocycles. The summed E-state index contributed by atoms with van der Waals surface area (Å²) in [6.45, 7) is 8.07. The third kappa shape index (κ3) is 4.93. The van der Waals surface area contributed by atoms with Crippen molar-refractivity contribution in [1.82, 2.24) is 0 Å². The molecule has 2 rings (SSSR count). The van der Waals surface area contributed by atoms with Crippen LogP contribution in [0.3, 0.4) is 0 Å². The first kappa shape index (κ1) is 21.1. The Kier molecular flexibility index (Phi) is 7.10. The summed E-state index contributed by atoms with van der Waals surface area (Å²) in [5, 5.41) is 2.13. The first-order valence-corrected chi connectivity index (χ1v) is 11.1. The molecule has 4 nitrogen and oxygen atoms in total. The van der Waals surface area contributed by atoms with Gasteiger partial charge in [0.05, 0.1) is 6.61 Å². The molecule has 0 spiro atoms. The number of hydrogen-bond acceptors (Lipinski definition) is 4. The van der Waals surface area contributed by atoms with E-state index in [9.17, 15) is 9.59 Å². The Labute approximate surface area is 162 Å². The van der Waals surface area contributed by atoms with Gasteiger partial charge in [0.2, 0.25) is 0 Å². The molecule has 0 saturated carbocycles. The quantitative estimate of drug-likeness (QED) is 0.399. The molecule has 0 radical (unpaired) electrons. The second kappa shape index (κ2) is 9.11. The van der Waals surface area contributed by atoms with Gasteiger partial charge in [-0.25, -0.2) is 0 Å². The molecule has 2 aromatic carbocycles. The number of hydrogen-bond donors (Lipinski definition) is 0. The minimum absolute atomic E-state index is 0.123. The Hall–Kier alpha value is -2.24. The van der Waals surface area contributed by atoms with Gasteiger partial charge < -0.3 is 14.0 Å². The maximum Gasteiger partial charge on any atom is 0.302 e. The molecule has 0 bridgehead atoms. The highest BCUT2D eigenvalue weighted by atomic mass is 28.4. The lowest BCUT2D eigenvalue weighted by atomic mass is 10.2. The number of esters is 1. The Bertz CT molecular complexity index is 698. The van der Waals surface area contributed by atoms with Gasteiger partial charge in [0, 0.05) is 13.3 Å². The fourth-order valence-corrected chi connectivity index (χ4v) is 8.06. The lowest BCUT2D eigenvalue weighted by Gasteiger charge is -2.43. The Morgan fingerprint density at radius 3 is 1.85 bits per heavy atom. The van der Waals surface area contributed by atoms with Crippen LogP contribution in [0.4, 0.5) is 0 Å². The van der Waals surface area contributed by atoms with Gasteiger partial charge in [-0.05, 0) is 15.4 Å². The van der Waals surface area contributed by atoms with Crippen LogP contribution < -0.4 is 10.4 Å². The molecule has 0 heterocycles. The fraction of sp³-hybridized carbons (Fsp3) is 0.364. The molecule has 144 valence electrons. The zero-order valence-corrected chi connectivity index (χ0v) is 17.5. The molecule has 0 aliphatic carbocycles. The van der Waals surface area contributed by atoms with E-state index in [4.69, 9.17) is 9.16 Å². The molecule has 27 heavy (non-hydrogen) atoms. The van der Waals surface area contributed by atoms with Crippen LogP contribution in [0, 0.1) is 0 Å². The standard InChI is InChI=1S/C22H28O4Si/c1-18(24)26-19(15-16-23)17-25-27(22(2,3)4,20-11-7-5-8-12-20)21-13-9-6-10-14-21/h5-14,16,19H,15,17H2,1-4H3/t19-/m0/s1. The van der Waals surface area contributed by atoms with Crippen molar-refractivity contribution in [3.63, 3.8) is 0 Å². The molecule has 0 amide bonds. The van der Waals surface area contributed by atoms with Crippen LogP contribution in [0.5, 0.6) is 0 Å². The molecule has 0 N–H and O–H groups in total. The van der Waals surface area contributed by atoms with Crippen LogP contribution in [0.25, 0.3) is 0 Å². The smallest absolute Gasteiger partial charge is 0.302 e. The average molecular weight is 385 g/mol. The van der Waals surface area contributed by atoms with Crippen LogP contribution >= 0.6 is 0 Å². The maximum absolute atomic E-state index is 11.4. The fourth-order valence-electron chi connectivity index (χ4n) is 3.47. The monoisotopic (exact) mass is 384 g/mol. The third-order valence-corrected chi connectivity index (χ3v) is 9.60. The minimum Gasteiger partial charge on any atom is -0.460 e. The number of rotatable bonds is 8. The third-order valence-electron chi connectivity index (χ3n) is 4.59. The highest BCUT2D eigenvalue weighted by Crippen LogP contribution is 2.36. The van der Waals surface area contributed by atoms with E-state index in [2.05, 4.69) is 45.0 Å². The first-order valence-electron chi connectivity index (χ1n) is 9.17. The Morgan fingerprint density at radius 1 is 1.00 bits per heavy atom. The Morgan fingerprint density at radius 2 is 1.48 bits per heavy atom. The van der Waals surface area contributed by atoms with E-state index in [1.54, 1.807) is 0 Å². The minimum atomic E-state index is -2.70. The van der Waals surface area contributed by atoms with Gasteiger partial charge in [-0.1, -0.05) is 81.4 Å². The van der Waals surface area contributed by atoms with E-state index in [0.717, 1.165) is 16.7 Å². The molecule has 1 atom stereocenters. The predicted octanol–water partition coefficient (Wildman–Crippen LogP) is 3.08. The van der Waals surface area contributed by atoms with Crippen LogP contribution in [0.1, 0.15) is 34.1 Å². The van der Waals surface area contributed by atoms with Crippen LogP contribution in [0.2, 0.25) is 5.04 Å². The first-order chi connectivity index (χ1) is 12.8. The molecule has 0 aliphatic heterocycles. The summed E-state index contributed by atoms with van der Waals surface area (Å²) in [5.41, 5.74) is 0. The van der Waals surface area contributed by atoms with Crippen molar-refractivity contribution in [1.29, 1.82) is 0 Å². The van der Waals surface area contributed by atoms with Crippen molar-refractivity contribution >= 4 is 30.9 Å². The summed E-state index contributed by atoms with van der Waals surface area (Å²) in [6.07, 6.45) is 0.307. The normalized spacial score (nSPS) is 13.0. The molecule has 0 saturated heterocycles. The van der Waals surface area contributed by atoms with Gasteiger partial charge in [0.15, 0.2) is 0 Å². The van der Waals surface area contributed by atoms with E-state index in [-0.39, 0.29) is 18.1 Å². The molecule has 2 aromatic rings. The molecule has 0 fully saturated rings. The number of aldehydes is 1. The zero-order chi connectivity index (χ0) is 19.9. The second-order valence-electron chi connectivity index (χ2n) is 7.61. The summed E-state index contributed by atoms with van der Waals surface area (Å²) < 4.78 is 12.0. The number of carbonyl (C=O) groups is 2. The lowest BCUT2D eigenvalue weighted by molar-refractivity contribution is -0.148. The van der Waals surface area contributed by atoms with E-state index in [1.807, 2.05) is 36.4 Å². The number of ether oxygens (including phenoxy) is 1. The summed E-state index contributed by atoms with van der Waals surface area (Å²) in [4.78, 5) is 22.4. The molecular weight excluding hydrogens is 356 g/mol. The predicted molar refractivity (Wildman–Crippen MR) is 110 cm³/mol. The van der Waals surface area contributed by atoms with Gasteiger partial charge in [0.1, 0.15) is 12.4 Å². The summed E-state index contributed by atoms with van der Waals surface area (Å²) in [7, 11) is -2.70. The van der Waals surface area contributed by atoms with Crippen molar-refractivity contribution < 1.29 is 18.8 Å². The summed E-state index contributed by atoms with van der Waals surface area (Å²) >= 11 is 0. The molecule has 0 aliphatic rings. The SMILES string of the molecule is CC(=O)O[C@@H](CC=O)CO[Si](c1ccccc1)(c1ccccc1)C(C)(C)C. The van der Waals surface area contributed by atoms with Crippen LogP contribution in [-0.4, -0.2) is 33.3 Å². The van der Waals surface area contributed by atoms with Gasteiger partial charge >= 0.3 is 5.97 Å². The highest BCUT2D eigenvalue weighted by molar-refractivity contribution is 6.99. The number of benzene rings is 2. The second-order valence-corrected chi connectivity index (χ2v) is 11.9. The van der Waals surface area contributed by atoms with Crippen molar-refractivity contribution in [2.24, 2.45) is 0 Å². The summed E-state index contributed by atoms with van der Waals surface area (Å²) in [6, 6.07) is 20.5. The topological polar surface area (TPSA) is 52.6 Å². The van der Waals surface area contributed by atoms with Crippen LogP contribution in [-0.2, 0) is 18.8 Å². The van der Waals surface area contributed by atoms with Gasteiger partial charge in [0.25, 0.3) is 8.32 Å². The molecule has 0 unspecified atom stereocenters. The van der Waals surface area contributed by atoms with Gasteiger partial charge in [-0.3, -0.25) is 4.79 Å². The van der Waals surface area contributed by atoms with E-state index >= 15 is 0 Å². The maximum atomic E-state index is 11.4. The average Bonchev–Trinajstić information content (AvgIpc) is 2.62. The summed E-state index contributed by atoms with van der Waals surface area (Å²) in [5.74, 6) is -0.409. The molecular formula is C22H28O4Si. The zero-order valence-electron chi connectivity index (χ0n) is 16.5. The van der Waals surface area contributed by atoms with Crippen LogP contribution in [0.15, 0.2) is 60.7 Å². The van der Waals surface area contributed by atoms with E-state index < -0.39 is 20.4 Å². The van der Waals surface area contributed by atoms with Crippen molar-refractivity contribution in [2.75, 3.05) is 6.61 Å². The van der Waals surface area contributed by atoms with Gasteiger partial charge in [-0.15, -0.1) is 0 Å². The van der Waals surface area contributed by atoms with Crippen molar-refractivity contribution in [2.45, 2.75) is 45.3 Å². The Balaban J connectivity index is 2.52.